The normalized spacial score (nSPS) is 13.0. The number of carbonyl (C=O) groups excluding carboxylic acids is 1. The molecule has 0 bridgehead atoms. The number of ether oxygens (including phenoxy) is 1. The van der Waals surface area contributed by atoms with Gasteiger partial charge in [-0.15, -0.1) is 0 Å². The van der Waals surface area contributed by atoms with E-state index in [1.54, 1.807) is 10.7 Å². The average Bonchev–Trinajstić information content (AvgIpc) is 3.28. The molecule has 4 aromatic rings. The van der Waals surface area contributed by atoms with E-state index in [0.29, 0.717) is 12.4 Å². The number of hydrogen-bond acceptors (Lipinski definition) is 4. The highest BCUT2D eigenvalue weighted by atomic mass is 16.5. The number of nitrogens with one attached hydrogen (secondary N) is 1. The first-order valence-corrected chi connectivity index (χ1v) is 9.63. The molecule has 0 fully saturated rings. The molecule has 0 unspecified atom stereocenters. The molecule has 29 heavy (non-hydrogen) atoms. The highest BCUT2D eigenvalue weighted by Gasteiger charge is 2.22. The van der Waals surface area contributed by atoms with Crippen LogP contribution in [0.1, 0.15) is 19.4 Å². The van der Waals surface area contributed by atoms with Crippen LogP contribution >= 0.6 is 0 Å². The van der Waals surface area contributed by atoms with Crippen molar-refractivity contribution < 1.29 is 9.53 Å². The maximum absolute atomic E-state index is 11.8. The fraction of sp³-hybridized carbons (Fsp3) is 0.174. The Bertz CT molecular complexity index is 1230. The Balaban J connectivity index is 1.77. The Kier molecular flexibility index (Phi) is 4.05. The molecule has 0 radical (unpaired) electrons. The summed E-state index contributed by atoms with van der Waals surface area (Å²) in [4.78, 5) is 16.2. The first kappa shape index (κ1) is 17.4. The van der Waals surface area contributed by atoms with Crippen LogP contribution < -0.4 is 10.1 Å². The van der Waals surface area contributed by atoms with Gasteiger partial charge in [-0.25, -0.2) is 4.98 Å². The van der Waals surface area contributed by atoms with Crippen LogP contribution in [0.4, 0.5) is 5.69 Å². The summed E-state index contributed by atoms with van der Waals surface area (Å²) in [5, 5.41) is 7.76. The molecule has 0 saturated carbocycles. The van der Waals surface area contributed by atoms with Gasteiger partial charge in [-0.2, -0.15) is 9.61 Å². The van der Waals surface area contributed by atoms with Gasteiger partial charge in [0.05, 0.1) is 18.0 Å². The number of amides is 1. The molecular weight excluding hydrogens is 364 g/mol. The number of benzene rings is 2. The lowest BCUT2D eigenvalue weighted by Crippen LogP contribution is -2.10. The quantitative estimate of drug-likeness (QED) is 0.568. The highest BCUT2D eigenvalue weighted by Crippen LogP contribution is 2.38. The molecule has 3 heterocycles. The lowest BCUT2D eigenvalue weighted by molar-refractivity contribution is -0.115. The van der Waals surface area contributed by atoms with Crippen molar-refractivity contribution in [3.05, 3.63) is 66.4 Å². The van der Waals surface area contributed by atoms with E-state index in [1.807, 2.05) is 62.4 Å². The summed E-state index contributed by atoms with van der Waals surface area (Å²) in [6.45, 7) is 3.93. The molecule has 6 heteroatoms. The molecule has 2 aromatic heterocycles. The maximum atomic E-state index is 11.8. The van der Waals surface area contributed by atoms with Gasteiger partial charge in [0.2, 0.25) is 5.91 Å². The minimum atomic E-state index is -0.0157. The van der Waals surface area contributed by atoms with Crippen molar-refractivity contribution in [2.45, 2.75) is 26.4 Å². The molecule has 0 atom stereocenters. The van der Waals surface area contributed by atoms with Crippen molar-refractivity contribution in [3.63, 3.8) is 0 Å². The predicted molar refractivity (Wildman–Crippen MR) is 112 cm³/mol. The zero-order valence-electron chi connectivity index (χ0n) is 16.2. The van der Waals surface area contributed by atoms with Crippen LogP contribution in [0.5, 0.6) is 6.01 Å². The summed E-state index contributed by atoms with van der Waals surface area (Å²) in [7, 11) is 0. The molecule has 0 spiro atoms. The monoisotopic (exact) mass is 384 g/mol. The summed E-state index contributed by atoms with van der Waals surface area (Å²) < 4.78 is 7.65. The van der Waals surface area contributed by atoms with Gasteiger partial charge >= 0.3 is 6.01 Å². The molecule has 0 saturated heterocycles. The van der Waals surface area contributed by atoms with Crippen molar-refractivity contribution in [2.24, 2.45) is 0 Å². The second-order valence-electron chi connectivity index (χ2n) is 7.38. The number of carbonyl (C=O) groups is 1. The molecule has 6 nitrogen and oxygen atoms in total. The summed E-state index contributed by atoms with van der Waals surface area (Å²) in [5.74, 6) is 0.0251. The number of aromatic nitrogens is 3. The minimum Gasteiger partial charge on any atom is -0.461 e. The van der Waals surface area contributed by atoms with Crippen molar-refractivity contribution in [1.82, 2.24) is 14.6 Å². The molecule has 144 valence electrons. The molecule has 0 aliphatic carbocycles. The zero-order chi connectivity index (χ0) is 20.0. The molecule has 1 aliphatic rings. The van der Waals surface area contributed by atoms with E-state index in [4.69, 9.17) is 9.84 Å². The summed E-state index contributed by atoms with van der Waals surface area (Å²) in [5.41, 5.74) is 6.65. The molecular formula is C23H20N4O2. The van der Waals surface area contributed by atoms with Gasteiger partial charge in [-0.1, -0.05) is 36.4 Å². The van der Waals surface area contributed by atoms with Crippen LogP contribution in [0, 0.1) is 0 Å². The van der Waals surface area contributed by atoms with Gasteiger partial charge in [0.15, 0.2) is 0 Å². The second-order valence-corrected chi connectivity index (χ2v) is 7.38. The third kappa shape index (κ3) is 3.02. The first-order valence-electron chi connectivity index (χ1n) is 9.63. The lowest BCUT2D eigenvalue weighted by Gasteiger charge is -2.09. The second kappa shape index (κ2) is 6.74. The van der Waals surface area contributed by atoms with E-state index in [-0.39, 0.29) is 12.0 Å². The Morgan fingerprint density at radius 3 is 2.69 bits per heavy atom. The number of nitrogens with zero attached hydrogens (tertiary/aromatic N) is 3. The smallest absolute Gasteiger partial charge is 0.318 e. The van der Waals surface area contributed by atoms with Gasteiger partial charge in [0, 0.05) is 23.0 Å². The number of rotatable bonds is 4. The average molecular weight is 384 g/mol. The van der Waals surface area contributed by atoms with Crippen LogP contribution in [0.15, 0.2) is 60.8 Å². The zero-order valence-corrected chi connectivity index (χ0v) is 16.2. The summed E-state index contributed by atoms with van der Waals surface area (Å²) >= 11 is 0. The van der Waals surface area contributed by atoms with E-state index in [0.717, 1.165) is 39.2 Å². The van der Waals surface area contributed by atoms with E-state index in [2.05, 4.69) is 16.4 Å². The Hall–Kier alpha value is -3.67. The third-order valence-corrected chi connectivity index (χ3v) is 4.93. The molecule has 5 rings (SSSR count). The van der Waals surface area contributed by atoms with Crippen LogP contribution in [-0.4, -0.2) is 26.6 Å². The van der Waals surface area contributed by atoms with Crippen molar-refractivity contribution in [1.29, 1.82) is 0 Å². The first-order chi connectivity index (χ1) is 14.1. The van der Waals surface area contributed by atoms with Gasteiger partial charge < -0.3 is 10.1 Å². The topological polar surface area (TPSA) is 68.5 Å². The Morgan fingerprint density at radius 1 is 1.07 bits per heavy atom. The van der Waals surface area contributed by atoms with E-state index in [1.165, 1.54) is 0 Å². The highest BCUT2D eigenvalue weighted by molar-refractivity contribution is 6.01. The van der Waals surface area contributed by atoms with Crippen molar-refractivity contribution in [2.75, 3.05) is 5.32 Å². The van der Waals surface area contributed by atoms with Crippen molar-refractivity contribution >= 4 is 17.1 Å². The fourth-order valence-corrected chi connectivity index (χ4v) is 3.72. The maximum Gasteiger partial charge on any atom is 0.318 e. The lowest BCUT2D eigenvalue weighted by atomic mass is 9.97. The van der Waals surface area contributed by atoms with E-state index in [9.17, 15) is 4.79 Å². The Labute approximate surface area is 168 Å². The number of anilines is 1. The largest absolute Gasteiger partial charge is 0.461 e. The van der Waals surface area contributed by atoms with Crippen LogP contribution in [-0.2, 0) is 11.2 Å². The summed E-state index contributed by atoms with van der Waals surface area (Å²) in [6, 6.07) is 18.5. The predicted octanol–water partition coefficient (Wildman–Crippen LogP) is 4.35. The number of fused-ring (bicyclic) bond motifs is 2. The van der Waals surface area contributed by atoms with Crippen LogP contribution in [0.25, 0.3) is 27.9 Å². The van der Waals surface area contributed by atoms with Crippen molar-refractivity contribution in [3.8, 4) is 28.4 Å². The SMILES string of the molecule is CC(C)Oc1nccc2c(-c3ccc4c(c3)CC(=O)N4)c(-c3ccccc3)nn12. The van der Waals surface area contributed by atoms with E-state index < -0.39 is 0 Å². The van der Waals surface area contributed by atoms with Crippen LogP contribution in [0.2, 0.25) is 0 Å². The standard InChI is InChI=1S/C23H20N4O2/c1-14(2)29-23-24-11-10-19-21(16-8-9-18-17(12-16)13-20(28)25-18)22(26-27(19)23)15-6-4-3-5-7-15/h3-12,14H,13H2,1-2H3,(H,25,28). The Morgan fingerprint density at radius 2 is 1.90 bits per heavy atom. The fourth-order valence-electron chi connectivity index (χ4n) is 3.72. The number of hydrogen-bond donors (Lipinski definition) is 1. The molecule has 1 aliphatic heterocycles. The molecule has 1 amide bonds. The van der Waals surface area contributed by atoms with Gasteiger partial charge in [0.25, 0.3) is 0 Å². The van der Waals surface area contributed by atoms with Crippen LogP contribution in [0.3, 0.4) is 0 Å². The van der Waals surface area contributed by atoms with Gasteiger partial charge in [0.1, 0.15) is 5.69 Å². The molecule has 2 aromatic carbocycles. The van der Waals surface area contributed by atoms with E-state index >= 15 is 0 Å². The summed E-state index contributed by atoms with van der Waals surface area (Å²) in [6.07, 6.45) is 2.12. The minimum absolute atomic E-state index is 0.0157. The van der Waals surface area contributed by atoms with Gasteiger partial charge in [-0.3, -0.25) is 4.79 Å². The van der Waals surface area contributed by atoms with Gasteiger partial charge in [-0.05, 0) is 43.2 Å². The molecule has 1 N–H and O–H groups in total. The third-order valence-electron chi connectivity index (χ3n) is 4.93.